The number of hydrogen-bond donors (Lipinski definition) is 2. The molecule has 1 saturated heterocycles. The van der Waals surface area contributed by atoms with Gasteiger partial charge in [-0.05, 0) is 38.3 Å². The lowest BCUT2D eigenvalue weighted by atomic mass is 9.97. The number of benzene rings is 1. The molecule has 1 aliphatic heterocycles. The minimum absolute atomic E-state index is 0.0518. The predicted octanol–water partition coefficient (Wildman–Crippen LogP) is 2.10. The normalized spacial score (nSPS) is 16.1. The van der Waals surface area contributed by atoms with Crippen molar-refractivity contribution in [3.05, 3.63) is 39.8 Å². The second-order valence-electron chi connectivity index (χ2n) is 7.46. The van der Waals surface area contributed by atoms with Gasteiger partial charge in [0.1, 0.15) is 0 Å². The highest BCUT2D eigenvalue weighted by Crippen LogP contribution is 2.21. The molecule has 1 aromatic heterocycles. The van der Waals surface area contributed by atoms with Crippen molar-refractivity contribution >= 4 is 34.7 Å². The van der Waals surface area contributed by atoms with Crippen LogP contribution >= 0.6 is 11.3 Å². The Morgan fingerprint density at radius 1 is 1.19 bits per heavy atom. The molecule has 1 unspecified atom stereocenters. The number of carbonyl (C=O) groups excluding carboxylic acids is 3. The van der Waals surface area contributed by atoms with Crippen molar-refractivity contribution in [2.24, 2.45) is 5.92 Å². The Hall–Kier alpha value is -2.85. The molecule has 3 rings (SSSR count). The number of rotatable bonds is 8. The molecule has 2 aromatic rings. The van der Waals surface area contributed by atoms with E-state index < -0.39 is 5.91 Å². The van der Waals surface area contributed by atoms with Gasteiger partial charge in [-0.1, -0.05) is 29.0 Å². The minimum atomic E-state index is -0.410. The monoisotopic (exact) mass is 445 g/mol. The third kappa shape index (κ3) is 6.31. The summed E-state index contributed by atoms with van der Waals surface area (Å²) >= 11 is 0.954. The highest BCUT2D eigenvalue weighted by molar-refractivity contribution is 7.15. The molecule has 1 fully saturated rings. The molecule has 166 valence electrons. The van der Waals surface area contributed by atoms with E-state index in [0.29, 0.717) is 31.9 Å². The number of likely N-dealkylation sites (tertiary alicyclic amines) is 1. The zero-order chi connectivity index (χ0) is 22.2. The van der Waals surface area contributed by atoms with Crippen LogP contribution in [0.15, 0.2) is 24.3 Å². The molecule has 1 aliphatic rings. The van der Waals surface area contributed by atoms with Gasteiger partial charge in [-0.2, -0.15) is 0 Å². The lowest BCUT2D eigenvalue weighted by Crippen LogP contribution is -2.45. The van der Waals surface area contributed by atoms with Crippen molar-refractivity contribution in [2.75, 3.05) is 38.7 Å². The maximum atomic E-state index is 12.9. The van der Waals surface area contributed by atoms with Crippen LogP contribution in [0.5, 0.6) is 0 Å². The van der Waals surface area contributed by atoms with Gasteiger partial charge in [-0.25, -0.2) is 0 Å². The van der Waals surface area contributed by atoms with Crippen molar-refractivity contribution in [1.82, 2.24) is 20.4 Å². The van der Waals surface area contributed by atoms with Crippen LogP contribution in [-0.2, 0) is 9.53 Å². The van der Waals surface area contributed by atoms with Gasteiger partial charge in [0, 0.05) is 39.0 Å². The molecule has 0 aliphatic carbocycles. The number of hydrogen-bond acceptors (Lipinski definition) is 7. The fraction of sp³-hybridized carbons (Fsp3) is 0.476. The number of piperidine rings is 1. The van der Waals surface area contributed by atoms with Gasteiger partial charge in [0.15, 0.2) is 0 Å². The van der Waals surface area contributed by atoms with Crippen LogP contribution in [0.3, 0.4) is 0 Å². The van der Waals surface area contributed by atoms with Gasteiger partial charge < -0.3 is 20.3 Å². The Labute approximate surface area is 185 Å². The third-order valence-electron chi connectivity index (χ3n) is 5.02. The zero-order valence-corrected chi connectivity index (χ0v) is 18.5. The smallest absolute Gasteiger partial charge is 0.286 e. The molecule has 31 heavy (non-hydrogen) atoms. The molecular formula is C21H27N5O4S. The van der Waals surface area contributed by atoms with Crippen LogP contribution in [-0.4, -0.2) is 66.2 Å². The topological polar surface area (TPSA) is 114 Å². The number of methoxy groups -OCH3 is 1. The standard InChI is InChI=1S/C21H27N5O4S/c1-14-6-8-16(9-7-14)23-18(28)19-24-25-20(31-19)21(29)26-11-3-5-15(13-26)17(27)22-10-4-12-30-2/h6-9,15H,3-5,10-13H2,1-2H3,(H,22,27)(H,23,28). The number of aryl methyl sites for hydroxylation is 1. The molecule has 1 aromatic carbocycles. The molecule has 1 atom stereocenters. The van der Waals surface area contributed by atoms with E-state index in [0.717, 1.165) is 36.2 Å². The fourth-order valence-electron chi connectivity index (χ4n) is 3.31. The van der Waals surface area contributed by atoms with E-state index in [9.17, 15) is 14.4 Å². The Bertz CT molecular complexity index is 915. The maximum absolute atomic E-state index is 12.9. The van der Waals surface area contributed by atoms with Crippen molar-refractivity contribution in [3.8, 4) is 0 Å². The number of ether oxygens (including phenoxy) is 1. The Balaban J connectivity index is 1.56. The Morgan fingerprint density at radius 2 is 1.94 bits per heavy atom. The molecule has 2 N–H and O–H groups in total. The third-order valence-corrected chi connectivity index (χ3v) is 5.93. The predicted molar refractivity (Wildman–Crippen MR) is 117 cm³/mol. The summed E-state index contributed by atoms with van der Waals surface area (Å²) in [5.41, 5.74) is 1.74. The van der Waals surface area contributed by atoms with Crippen LogP contribution < -0.4 is 10.6 Å². The van der Waals surface area contributed by atoms with Crippen LogP contribution in [0, 0.1) is 12.8 Å². The Morgan fingerprint density at radius 3 is 2.68 bits per heavy atom. The largest absolute Gasteiger partial charge is 0.385 e. The number of nitrogens with zero attached hydrogens (tertiary/aromatic N) is 3. The first-order valence-corrected chi connectivity index (χ1v) is 11.1. The van der Waals surface area contributed by atoms with Crippen LogP contribution in [0.25, 0.3) is 0 Å². The fourth-order valence-corrected chi connectivity index (χ4v) is 4.01. The van der Waals surface area contributed by atoms with E-state index in [1.54, 1.807) is 24.1 Å². The summed E-state index contributed by atoms with van der Waals surface area (Å²) in [7, 11) is 1.62. The van der Waals surface area contributed by atoms with Gasteiger partial charge in [0.2, 0.25) is 15.9 Å². The van der Waals surface area contributed by atoms with Crippen LogP contribution in [0.2, 0.25) is 0 Å². The first-order chi connectivity index (χ1) is 15.0. The molecule has 0 radical (unpaired) electrons. The lowest BCUT2D eigenvalue weighted by molar-refractivity contribution is -0.126. The summed E-state index contributed by atoms with van der Waals surface area (Å²) in [5, 5.41) is 13.7. The molecule has 0 spiro atoms. The van der Waals surface area contributed by atoms with Gasteiger partial charge in [0.25, 0.3) is 11.8 Å². The van der Waals surface area contributed by atoms with E-state index in [-0.39, 0.29) is 27.7 Å². The molecular weight excluding hydrogens is 418 g/mol. The number of nitrogens with one attached hydrogen (secondary N) is 2. The molecule has 0 saturated carbocycles. The lowest BCUT2D eigenvalue weighted by Gasteiger charge is -2.31. The summed E-state index contributed by atoms with van der Waals surface area (Å²) in [6.45, 7) is 3.99. The zero-order valence-electron chi connectivity index (χ0n) is 17.7. The number of carbonyl (C=O) groups is 3. The quantitative estimate of drug-likeness (QED) is 0.602. The maximum Gasteiger partial charge on any atom is 0.286 e. The van der Waals surface area contributed by atoms with Crippen molar-refractivity contribution in [2.45, 2.75) is 26.2 Å². The number of amides is 3. The number of anilines is 1. The number of aromatic nitrogens is 2. The van der Waals surface area contributed by atoms with Crippen molar-refractivity contribution in [1.29, 1.82) is 0 Å². The Kier molecular flexibility index (Phi) is 8.07. The minimum Gasteiger partial charge on any atom is -0.385 e. The van der Waals surface area contributed by atoms with Crippen molar-refractivity contribution in [3.63, 3.8) is 0 Å². The van der Waals surface area contributed by atoms with E-state index in [4.69, 9.17) is 4.74 Å². The van der Waals surface area contributed by atoms with E-state index >= 15 is 0 Å². The summed E-state index contributed by atoms with van der Waals surface area (Å²) in [6.07, 6.45) is 2.22. The van der Waals surface area contributed by atoms with Crippen molar-refractivity contribution < 1.29 is 19.1 Å². The van der Waals surface area contributed by atoms with Gasteiger partial charge >= 0.3 is 0 Å². The van der Waals surface area contributed by atoms with Gasteiger partial charge in [0.05, 0.1) is 5.92 Å². The first kappa shape index (κ1) is 22.8. The van der Waals surface area contributed by atoms with E-state index in [2.05, 4.69) is 20.8 Å². The summed E-state index contributed by atoms with van der Waals surface area (Å²) in [6, 6.07) is 7.39. The summed E-state index contributed by atoms with van der Waals surface area (Å²) in [5.74, 6) is -1.02. The average molecular weight is 446 g/mol. The van der Waals surface area contributed by atoms with Gasteiger partial charge in [-0.3, -0.25) is 14.4 Å². The first-order valence-electron chi connectivity index (χ1n) is 10.3. The molecule has 3 amide bonds. The van der Waals surface area contributed by atoms with Crippen LogP contribution in [0.4, 0.5) is 5.69 Å². The highest BCUT2D eigenvalue weighted by atomic mass is 32.1. The average Bonchev–Trinajstić information content (AvgIpc) is 3.28. The SMILES string of the molecule is COCCCNC(=O)C1CCCN(C(=O)c2nnc(C(=O)Nc3ccc(C)cc3)s2)C1. The molecule has 2 heterocycles. The second-order valence-corrected chi connectivity index (χ2v) is 8.44. The summed E-state index contributed by atoms with van der Waals surface area (Å²) < 4.78 is 4.98. The molecule has 9 nitrogen and oxygen atoms in total. The van der Waals surface area contributed by atoms with Gasteiger partial charge in [-0.15, -0.1) is 10.2 Å². The summed E-state index contributed by atoms with van der Waals surface area (Å²) in [4.78, 5) is 39.3. The van der Waals surface area contributed by atoms with E-state index in [1.165, 1.54) is 0 Å². The van der Waals surface area contributed by atoms with Crippen LogP contribution in [0.1, 0.15) is 44.4 Å². The second kappa shape index (κ2) is 11.0. The highest BCUT2D eigenvalue weighted by Gasteiger charge is 2.30. The molecule has 10 heteroatoms. The molecule has 0 bridgehead atoms. The van der Waals surface area contributed by atoms with E-state index in [1.807, 2.05) is 19.1 Å².